The van der Waals surface area contributed by atoms with Crippen LogP contribution in [0.15, 0.2) is 42.0 Å². The largest absolute Gasteiger partial charge is 0.507 e. The molecule has 0 unspecified atom stereocenters. The minimum Gasteiger partial charge on any atom is -0.507 e. The molecule has 0 radical (unpaired) electrons. The summed E-state index contributed by atoms with van der Waals surface area (Å²) in [5.41, 5.74) is 0.855. The van der Waals surface area contributed by atoms with E-state index in [-0.39, 0.29) is 24.5 Å². The van der Waals surface area contributed by atoms with Gasteiger partial charge >= 0.3 is 0 Å². The maximum absolute atomic E-state index is 13.2. The molecule has 9 heteroatoms. The highest BCUT2D eigenvalue weighted by molar-refractivity contribution is 6.46. The minimum atomic E-state index is -0.897. The van der Waals surface area contributed by atoms with Crippen molar-refractivity contribution in [2.45, 2.75) is 19.9 Å². The van der Waals surface area contributed by atoms with E-state index in [1.807, 2.05) is 13.8 Å². The van der Waals surface area contributed by atoms with Crippen LogP contribution in [0.3, 0.4) is 0 Å². The Hall–Kier alpha value is -3.72. The Kier molecular flexibility index (Phi) is 8.82. The molecule has 1 saturated heterocycles. The highest BCUT2D eigenvalue weighted by Crippen LogP contribution is 2.45. The predicted molar refractivity (Wildman–Crippen MR) is 134 cm³/mol. The van der Waals surface area contributed by atoms with Crippen LogP contribution in [0, 0.1) is 5.92 Å². The van der Waals surface area contributed by atoms with Gasteiger partial charge in [-0.2, -0.15) is 0 Å². The van der Waals surface area contributed by atoms with Crippen molar-refractivity contribution in [3.63, 3.8) is 0 Å². The second-order valence-electron chi connectivity index (χ2n) is 8.67. The molecule has 1 aliphatic rings. The van der Waals surface area contributed by atoms with Crippen molar-refractivity contribution in [3.8, 4) is 23.0 Å². The van der Waals surface area contributed by atoms with E-state index >= 15 is 0 Å². The Bertz CT molecular complexity index is 1100. The van der Waals surface area contributed by atoms with Gasteiger partial charge in [0.1, 0.15) is 11.5 Å². The van der Waals surface area contributed by atoms with E-state index in [1.54, 1.807) is 36.4 Å². The highest BCUT2D eigenvalue weighted by Gasteiger charge is 2.46. The number of carbonyl (C=O) groups excluding carboxylic acids is 2. The third-order valence-electron chi connectivity index (χ3n) is 5.79. The molecule has 194 valence electrons. The molecular weight excluding hydrogens is 466 g/mol. The quantitative estimate of drug-likeness (QED) is 0.283. The van der Waals surface area contributed by atoms with Crippen molar-refractivity contribution in [2.24, 2.45) is 5.92 Å². The standard InChI is InChI=1S/C27H33NO8/c1-16(2)15-36-19-9-7-17(8-10-19)24(29)22-23(28(11-12-32-3)27(31)25(22)30)18-13-20(33-4)26(35-6)21(14-18)34-5/h7-10,13-14,16,23,29H,11-12,15H2,1-6H3/b24-22+/t23-/m0/s1. The average Bonchev–Trinajstić information content (AvgIpc) is 3.14. The van der Waals surface area contributed by atoms with Crippen LogP contribution in [0.4, 0.5) is 0 Å². The molecular formula is C27H33NO8. The Morgan fingerprint density at radius 3 is 2.08 bits per heavy atom. The van der Waals surface area contributed by atoms with Crippen LogP contribution < -0.4 is 18.9 Å². The van der Waals surface area contributed by atoms with Gasteiger partial charge in [-0.1, -0.05) is 13.8 Å². The number of rotatable bonds is 11. The molecule has 1 atom stereocenters. The fraction of sp³-hybridized carbons (Fsp3) is 0.407. The zero-order valence-electron chi connectivity index (χ0n) is 21.5. The van der Waals surface area contributed by atoms with Gasteiger partial charge in [0.05, 0.1) is 46.2 Å². The van der Waals surface area contributed by atoms with Crippen LogP contribution in [-0.2, 0) is 14.3 Å². The van der Waals surface area contributed by atoms with Crippen LogP contribution in [0.25, 0.3) is 5.76 Å². The third-order valence-corrected chi connectivity index (χ3v) is 5.79. The van der Waals surface area contributed by atoms with E-state index < -0.39 is 17.7 Å². The van der Waals surface area contributed by atoms with Crippen molar-refractivity contribution < 1.29 is 38.4 Å². The van der Waals surface area contributed by atoms with Gasteiger partial charge in [-0.05, 0) is 47.9 Å². The summed E-state index contributed by atoms with van der Waals surface area (Å²) in [7, 11) is 5.95. The molecule has 2 aromatic rings. The van der Waals surface area contributed by atoms with Crippen molar-refractivity contribution in [3.05, 3.63) is 53.1 Å². The maximum Gasteiger partial charge on any atom is 0.295 e. The summed E-state index contributed by atoms with van der Waals surface area (Å²) in [6.45, 7) is 4.99. The molecule has 36 heavy (non-hydrogen) atoms. The molecule has 1 aliphatic heterocycles. The molecule has 0 aromatic heterocycles. The summed E-state index contributed by atoms with van der Waals surface area (Å²) in [6.07, 6.45) is 0. The molecule has 1 fully saturated rings. The van der Waals surface area contributed by atoms with Crippen LogP contribution in [0.1, 0.15) is 31.0 Å². The fourth-order valence-electron chi connectivity index (χ4n) is 4.03. The topological polar surface area (TPSA) is 104 Å². The average molecular weight is 500 g/mol. The van der Waals surface area contributed by atoms with Gasteiger partial charge in [0, 0.05) is 19.2 Å². The summed E-state index contributed by atoms with van der Waals surface area (Å²) in [4.78, 5) is 27.6. The van der Waals surface area contributed by atoms with Gasteiger partial charge in [-0.3, -0.25) is 9.59 Å². The summed E-state index contributed by atoms with van der Waals surface area (Å²) in [5, 5.41) is 11.3. The molecule has 1 heterocycles. The number of methoxy groups -OCH3 is 4. The molecule has 0 spiro atoms. The van der Waals surface area contributed by atoms with Crippen LogP contribution in [0.5, 0.6) is 23.0 Å². The van der Waals surface area contributed by atoms with Crippen LogP contribution >= 0.6 is 0 Å². The third kappa shape index (κ3) is 5.41. The van der Waals surface area contributed by atoms with Crippen LogP contribution in [0.2, 0.25) is 0 Å². The number of hydrogen-bond acceptors (Lipinski definition) is 8. The SMILES string of the molecule is COCCN1C(=O)C(=O)/C(=C(/O)c2ccc(OCC(C)C)cc2)[C@@H]1c1cc(OC)c(OC)c(OC)c1. The lowest BCUT2D eigenvalue weighted by molar-refractivity contribution is -0.140. The first kappa shape index (κ1) is 26.9. The first-order chi connectivity index (χ1) is 17.3. The molecule has 1 amide bonds. The molecule has 1 N–H and O–H groups in total. The number of Topliss-reactive ketones (excluding diaryl/α,β-unsaturated/α-hetero) is 1. The van der Waals surface area contributed by atoms with Gasteiger partial charge in [0.2, 0.25) is 5.75 Å². The molecule has 3 rings (SSSR count). The number of aliphatic hydroxyl groups excluding tert-OH is 1. The first-order valence-corrected chi connectivity index (χ1v) is 11.6. The molecule has 0 saturated carbocycles. The molecule has 0 aliphatic carbocycles. The van der Waals surface area contributed by atoms with Crippen LogP contribution in [-0.4, -0.2) is 69.9 Å². The number of ketones is 1. The van der Waals surface area contributed by atoms with Gasteiger partial charge in [0.25, 0.3) is 11.7 Å². The number of ether oxygens (including phenoxy) is 5. The minimum absolute atomic E-state index is 0.0405. The number of benzene rings is 2. The number of aliphatic hydroxyl groups is 1. The normalized spacial score (nSPS) is 17.0. The zero-order valence-corrected chi connectivity index (χ0v) is 21.5. The van der Waals surface area contributed by atoms with E-state index in [4.69, 9.17) is 23.7 Å². The predicted octanol–water partition coefficient (Wildman–Crippen LogP) is 3.82. The summed E-state index contributed by atoms with van der Waals surface area (Å²) >= 11 is 0. The van der Waals surface area contributed by atoms with Crippen molar-refractivity contribution in [1.29, 1.82) is 0 Å². The molecule has 2 aromatic carbocycles. The van der Waals surface area contributed by atoms with E-state index in [2.05, 4.69) is 0 Å². The van der Waals surface area contributed by atoms with E-state index in [0.29, 0.717) is 46.6 Å². The fourth-order valence-corrected chi connectivity index (χ4v) is 4.03. The number of amides is 1. The Balaban J connectivity index is 2.14. The molecule has 0 bridgehead atoms. The van der Waals surface area contributed by atoms with E-state index in [0.717, 1.165) is 0 Å². The Labute approximate surface area is 211 Å². The van der Waals surface area contributed by atoms with E-state index in [9.17, 15) is 14.7 Å². The second kappa shape index (κ2) is 11.8. The zero-order chi connectivity index (χ0) is 26.4. The first-order valence-electron chi connectivity index (χ1n) is 11.6. The summed E-state index contributed by atoms with van der Waals surface area (Å²) < 4.78 is 27.2. The van der Waals surface area contributed by atoms with Gasteiger partial charge < -0.3 is 33.7 Å². The smallest absolute Gasteiger partial charge is 0.295 e. The number of hydrogen-bond donors (Lipinski definition) is 1. The highest BCUT2D eigenvalue weighted by atomic mass is 16.5. The second-order valence-corrected chi connectivity index (χ2v) is 8.67. The summed E-state index contributed by atoms with van der Waals surface area (Å²) in [5.74, 6) is 0.275. The molecule has 9 nitrogen and oxygen atoms in total. The van der Waals surface area contributed by atoms with Crippen molar-refractivity contribution >= 4 is 17.4 Å². The lowest BCUT2D eigenvalue weighted by Gasteiger charge is -2.26. The monoisotopic (exact) mass is 499 g/mol. The maximum atomic E-state index is 13.2. The number of carbonyl (C=O) groups is 2. The van der Waals surface area contributed by atoms with Crippen molar-refractivity contribution in [2.75, 3.05) is 48.2 Å². The Morgan fingerprint density at radius 2 is 1.58 bits per heavy atom. The lowest BCUT2D eigenvalue weighted by atomic mass is 9.94. The van der Waals surface area contributed by atoms with Gasteiger partial charge in [-0.25, -0.2) is 0 Å². The number of likely N-dealkylation sites (tertiary alicyclic amines) is 1. The van der Waals surface area contributed by atoms with Gasteiger partial charge in [0.15, 0.2) is 11.5 Å². The van der Waals surface area contributed by atoms with Crippen molar-refractivity contribution in [1.82, 2.24) is 4.90 Å². The van der Waals surface area contributed by atoms with Gasteiger partial charge in [-0.15, -0.1) is 0 Å². The lowest BCUT2D eigenvalue weighted by Crippen LogP contribution is -2.32. The Morgan fingerprint density at radius 1 is 0.972 bits per heavy atom. The van der Waals surface area contributed by atoms with E-state index in [1.165, 1.54) is 33.3 Å². The summed E-state index contributed by atoms with van der Waals surface area (Å²) in [6, 6.07) is 9.16. The number of nitrogens with zero attached hydrogens (tertiary/aromatic N) is 1.